The maximum absolute atomic E-state index is 12.4. The summed E-state index contributed by atoms with van der Waals surface area (Å²) in [7, 11) is 1.04. The van der Waals surface area contributed by atoms with Gasteiger partial charge in [0.15, 0.2) is 0 Å². The summed E-state index contributed by atoms with van der Waals surface area (Å²) in [6.07, 6.45) is 0. The molecule has 0 radical (unpaired) electrons. The second kappa shape index (κ2) is 8.21. The van der Waals surface area contributed by atoms with E-state index in [-0.39, 0.29) is 5.69 Å². The maximum Gasteiger partial charge on any atom is 0.340 e. The molecule has 0 aliphatic rings. The van der Waals surface area contributed by atoms with Crippen LogP contribution in [0.15, 0.2) is 48.5 Å². The number of amides is 2. The molecule has 0 bridgehead atoms. The Balaban J connectivity index is 2.20. The molecular formula is C19H18N2O7. The zero-order valence-electron chi connectivity index (χ0n) is 15.1. The van der Waals surface area contributed by atoms with Gasteiger partial charge in [0.2, 0.25) is 0 Å². The van der Waals surface area contributed by atoms with Crippen molar-refractivity contribution in [3.63, 3.8) is 0 Å². The minimum absolute atomic E-state index is 0.0945. The van der Waals surface area contributed by atoms with Gasteiger partial charge in [-0.05, 0) is 43.3 Å². The highest BCUT2D eigenvalue weighted by Crippen LogP contribution is 2.25. The van der Waals surface area contributed by atoms with Crippen LogP contribution in [0.4, 0.5) is 5.69 Å². The molecule has 0 aliphatic heterocycles. The van der Waals surface area contributed by atoms with Gasteiger partial charge in [-0.15, -0.1) is 0 Å². The van der Waals surface area contributed by atoms with Gasteiger partial charge in [0.1, 0.15) is 11.5 Å². The minimum atomic E-state index is -3.31. The summed E-state index contributed by atoms with van der Waals surface area (Å²) < 4.78 is 5.63. The van der Waals surface area contributed by atoms with Crippen LogP contribution in [0.1, 0.15) is 5.56 Å². The fourth-order valence-electron chi connectivity index (χ4n) is 2.34. The maximum atomic E-state index is 12.4. The van der Waals surface area contributed by atoms with Gasteiger partial charge in [-0.3, -0.25) is 9.59 Å². The van der Waals surface area contributed by atoms with Crippen molar-refractivity contribution in [2.24, 2.45) is 5.41 Å². The molecule has 0 aromatic heterocycles. The normalized spacial score (nSPS) is 10.6. The van der Waals surface area contributed by atoms with Crippen molar-refractivity contribution in [1.29, 1.82) is 0 Å². The van der Waals surface area contributed by atoms with Crippen LogP contribution in [0.3, 0.4) is 0 Å². The first-order valence-electron chi connectivity index (χ1n) is 8.06. The number of nitrogens with one attached hydrogen (secondary N) is 2. The van der Waals surface area contributed by atoms with Gasteiger partial charge in [0.05, 0.1) is 0 Å². The van der Waals surface area contributed by atoms with E-state index in [1.807, 2.05) is 24.4 Å². The van der Waals surface area contributed by atoms with Crippen LogP contribution in [0.2, 0.25) is 0 Å². The van der Waals surface area contributed by atoms with Crippen LogP contribution in [-0.2, 0) is 19.2 Å². The molecule has 0 atom stereocenters. The van der Waals surface area contributed by atoms with Crippen LogP contribution in [0, 0.1) is 12.3 Å². The Morgan fingerprint density at radius 3 is 1.71 bits per heavy atom. The van der Waals surface area contributed by atoms with Gasteiger partial charge >= 0.3 is 17.4 Å². The smallest absolute Gasteiger partial charge is 0.340 e. The van der Waals surface area contributed by atoms with Crippen molar-refractivity contribution in [1.82, 2.24) is 5.32 Å². The molecule has 0 unspecified atom stereocenters. The van der Waals surface area contributed by atoms with Crippen LogP contribution in [-0.4, -0.2) is 41.0 Å². The SMILES string of the molecule is CNC(=O)C(C(=O)O)(C(=O)O)C(=O)Nc1ccc(Oc2ccc(C)cc2)cc1. The van der Waals surface area contributed by atoms with Crippen molar-refractivity contribution in [3.05, 3.63) is 54.1 Å². The zero-order valence-corrected chi connectivity index (χ0v) is 15.1. The molecule has 0 spiro atoms. The third-order valence-corrected chi connectivity index (χ3v) is 3.92. The quantitative estimate of drug-likeness (QED) is 0.530. The average Bonchev–Trinajstić information content (AvgIpc) is 2.65. The fourth-order valence-corrected chi connectivity index (χ4v) is 2.34. The standard InChI is InChI=1S/C19H18N2O7/c1-11-3-7-13(8-4-11)28-14-9-5-12(6-10-14)21-16(23)19(17(24)25,18(26)27)15(22)20-2/h3-10H,1-2H3,(H,20,22)(H,21,23)(H,24,25)(H,26,27). The van der Waals surface area contributed by atoms with E-state index in [0.29, 0.717) is 11.5 Å². The van der Waals surface area contributed by atoms with Crippen molar-refractivity contribution >= 4 is 29.4 Å². The van der Waals surface area contributed by atoms with Gasteiger partial charge < -0.3 is 25.6 Å². The molecule has 0 saturated carbocycles. The van der Waals surface area contributed by atoms with E-state index in [4.69, 9.17) is 4.74 Å². The highest BCUT2D eigenvalue weighted by Gasteiger charge is 2.60. The van der Waals surface area contributed by atoms with Crippen molar-refractivity contribution in [3.8, 4) is 11.5 Å². The topological polar surface area (TPSA) is 142 Å². The molecule has 2 rings (SSSR count). The number of anilines is 1. The molecule has 9 nitrogen and oxygen atoms in total. The molecule has 28 heavy (non-hydrogen) atoms. The molecule has 0 aliphatic carbocycles. The second-order valence-electron chi connectivity index (χ2n) is 5.83. The van der Waals surface area contributed by atoms with E-state index in [1.165, 1.54) is 24.3 Å². The Kier molecular flexibility index (Phi) is 5.99. The zero-order chi connectivity index (χ0) is 20.9. The minimum Gasteiger partial charge on any atom is -0.480 e. The molecule has 146 valence electrons. The molecule has 9 heteroatoms. The summed E-state index contributed by atoms with van der Waals surface area (Å²) in [6.45, 7) is 1.94. The number of carboxylic acids is 2. The third-order valence-electron chi connectivity index (χ3n) is 3.92. The van der Waals surface area contributed by atoms with Crippen LogP contribution in [0.5, 0.6) is 11.5 Å². The van der Waals surface area contributed by atoms with E-state index < -0.39 is 29.2 Å². The van der Waals surface area contributed by atoms with Gasteiger partial charge in [0, 0.05) is 12.7 Å². The lowest BCUT2D eigenvalue weighted by atomic mass is 9.85. The van der Waals surface area contributed by atoms with E-state index in [1.54, 1.807) is 12.1 Å². The van der Waals surface area contributed by atoms with Gasteiger partial charge in [0.25, 0.3) is 11.8 Å². The Morgan fingerprint density at radius 2 is 1.29 bits per heavy atom. The number of carbonyl (C=O) groups excluding carboxylic acids is 2. The summed E-state index contributed by atoms with van der Waals surface area (Å²) >= 11 is 0. The molecule has 0 heterocycles. The number of hydrogen-bond acceptors (Lipinski definition) is 5. The first kappa shape index (κ1) is 20.4. The summed E-state index contributed by atoms with van der Waals surface area (Å²) in [4.78, 5) is 47.1. The van der Waals surface area contributed by atoms with Crippen molar-refractivity contribution < 1.29 is 34.1 Å². The summed E-state index contributed by atoms with van der Waals surface area (Å²) in [5, 5.41) is 22.5. The predicted molar refractivity (Wildman–Crippen MR) is 98.1 cm³/mol. The lowest BCUT2D eigenvalue weighted by Gasteiger charge is -2.22. The molecule has 0 saturated heterocycles. The predicted octanol–water partition coefficient (Wildman–Crippen LogP) is 1.63. The van der Waals surface area contributed by atoms with Gasteiger partial charge in [-0.2, -0.15) is 0 Å². The number of hydrogen-bond donors (Lipinski definition) is 4. The van der Waals surface area contributed by atoms with E-state index in [0.717, 1.165) is 12.6 Å². The molecule has 4 N–H and O–H groups in total. The lowest BCUT2D eigenvalue weighted by molar-refractivity contribution is -0.170. The second-order valence-corrected chi connectivity index (χ2v) is 5.83. The number of aliphatic carboxylic acids is 2. The number of aryl methyl sites for hydroxylation is 1. The Bertz CT molecular complexity index is 891. The molecule has 2 amide bonds. The summed E-state index contributed by atoms with van der Waals surface area (Å²) in [5.41, 5.74) is -2.15. The van der Waals surface area contributed by atoms with Crippen molar-refractivity contribution in [2.45, 2.75) is 6.92 Å². The van der Waals surface area contributed by atoms with Crippen LogP contribution in [0.25, 0.3) is 0 Å². The highest BCUT2D eigenvalue weighted by atomic mass is 16.5. The average molecular weight is 386 g/mol. The summed E-state index contributed by atoms with van der Waals surface area (Å²) in [5.74, 6) is -6.13. The van der Waals surface area contributed by atoms with E-state index >= 15 is 0 Å². The number of rotatable bonds is 7. The van der Waals surface area contributed by atoms with Gasteiger partial charge in [-0.1, -0.05) is 17.7 Å². The Morgan fingerprint density at radius 1 is 0.821 bits per heavy atom. The monoisotopic (exact) mass is 386 g/mol. The Labute approximate surface area is 159 Å². The van der Waals surface area contributed by atoms with E-state index in [9.17, 15) is 29.4 Å². The molecule has 2 aromatic rings. The van der Waals surface area contributed by atoms with E-state index in [2.05, 4.69) is 5.32 Å². The first-order valence-corrected chi connectivity index (χ1v) is 8.06. The van der Waals surface area contributed by atoms with Crippen LogP contribution < -0.4 is 15.4 Å². The number of carbonyl (C=O) groups is 4. The molecular weight excluding hydrogens is 368 g/mol. The van der Waals surface area contributed by atoms with Crippen molar-refractivity contribution in [2.75, 3.05) is 12.4 Å². The number of carboxylic acid groups (broad SMARTS) is 2. The third kappa shape index (κ3) is 3.93. The van der Waals surface area contributed by atoms with Gasteiger partial charge in [-0.25, -0.2) is 9.59 Å². The first-order chi connectivity index (χ1) is 13.2. The highest BCUT2D eigenvalue weighted by molar-refractivity contribution is 6.36. The lowest BCUT2D eigenvalue weighted by Crippen LogP contribution is -2.58. The molecule has 0 fully saturated rings. The fraction of sp³-hybridized carbons (Fsp3) is 0.158. The summed E-state index contributed by atoms with van der Waals surface area (Å²) in [6, 6.07) is 13.1. The Hall–Kier alpha value is -3.88. The molecule has 2 aromatic carbocycles. The number of ether oxygens (including phenoxy) is 1. The number of benzene rings is 2. The largest absolute Gasteiger partial charge is 0.480 e. The van der Waals surface area contributed by atoms with Crippen LogP contribution >= 0.6 is 0 Å².